The van der Waals surface area contributed by atoms with Gasteiger partial charge in [-0.2, -0.15) is 0 Å². The summed E-state index contributed by atoms with van der Waals surface area (Å²) >= 11 is 0. The van der Waals surface area contributed by atoms with E-state index in [0.717, 1.165) is 63.5 Å². The molecule has 0 aromatic heterocycles. The Kier molecular flexibility index (Phi) is 8.93. The van der Waals surface area contributed by atoms with Crippen molar-refractivity contribution in [2.45, 2.75) is 38.1 Å². The third kappa shape index (κ3) is 5.87. The predicted octanol–water partition coefficient (Wildman–Crippen LogP) is 4.70. The minimum atomic E-state index is -4.88. The average molecular weight is 419 g/mol. The Morgan fingerprint density at radius 2 is 1.69 bits per heavy atom. The Morgan fingerprint density at radius 1 is 1.08 bits per heavy atom. The Morgan fingerprint density at radius 3 is 2.23 bits per heavy atom. The van der Waals surface area contributed by atoms with Gasteiger partial charge in [0.25, 0.3) is 0 Å². The van der Waals surface area contributed by atoms with E-state index in [1.165, 1.54) is 6.07 Å². The van der Waals surface area contributed by atoms with Gasteiger partial charge in [-0.05, 0) is 36.5 Å². The van der Waals surface area contributed by atoms with Crippen molar-refractivity contribution < 1.29 is 22.3 Å². The van der Waals surface area contributed by atoms with Crippen LogP contribution in [-0.2, 0) is 0 Å². The highest BCUT2D eigenvalue weighted by atomic mass is 35.5. The van der Waals surface area contributed by atoms with Crippen LogP contribution in [0.1, 0.15) is 37.3 Å². The fraction of sp³-hybridized carbons (Fsp3) is 0.647. The van der Waals surface area contributed by atoms with Crippen molar-refractivity contribution in [2.24, 2.45) is 5.92 Å². The quantitative estimate of drug-likeness (QED) is 0.716. The van der Waals surface area contributed by atoms with Gasteiger partial charge < -0.3 is 10.1 Å². The molecule has 26 heavy (non-hydrogen) atoms. The normalized spacial score (nSPS) is 20.2. The van der Waals surface area contributed by atoms with Crippen LogP contribution in [0.2, 0.25) is 0 Å². The predicted molar refractivity (Wildman–Crippen MR) is 96.7 cm³/mol. The zero-order chi connectivity index (χ0) is 17.2. The first kappa shape index (κ1) is 23.3. The minimum absolute atomic E-state index is 0. The summed E-state index contributed by atoms with van der Waals surface area (Å²) in [4.78, 5) is 2.32. The summed E-state index contributed by atoms with van der Waals surface area (Å²) in [5.74, 6) is -1.29. The lowest BCUT2D eigenvalue weighted by molar-refractivity contribution is -0.275. The molecule has 1 saturated carbocycles. The van der Waals surface area contributed by atoms with Gasteiger partial charge >= 0.3 is 6.36 Å². The molecule has 1 heterocycles. The Labute approximate surface area is 163 Å². The van der Waals surface area contributed by atoms with Crippen molar-refractivity contribution in [1.29, 1.82) is 0 Å². The van der Waals surface area contributed by atoms with Gasteiger partial charge in [0.05, 0.1) is 0 Å². The molecule has 0 bridgehead atoms. The zero-order valence-electron chi connectivity index (χ0n) is 14.2. The van der Waals surface area contributed by atoms with E-state index in [4.69, 9.17) is 0 Å². The highest BCUT2D eigenvalue weighted by Crippen LogP contribution is 2.40. The van der Waals surface area contributed by atoms with Crippen LogP contribution in [-0.4, -0.2) is 37.4 Å². The molecule has 2 fully saturated rings. The number of piperazine rings is 1. The van der Waals surface area contributed by atoms with E-state index in [9.17, 15) is 17.6 Å². The molecule has 3 nitrogen and oxygen atoms in total. The lowest BCUT2D eigenvalue weighted by atomic mass is 9.89. The standard InChI is InChI=1S/C17H22F4N2O.2ClH/c18-14-11-13(5-6-15(14)24-17(19,20)21)16(12-3-1-2-4-12)23-9-7-22-8-10-23;;/h5-6,11-12,16,22H,1-4,7-10H2;2*1H/t16-;;/m1../s1. The molecule has 1 aliphatic carbocycles. The third-order valence-corrected chi connectivity index (χ3v) is 4.91. The fourth-order valence-electron chi connectivity index (χ4n) is 3.92. The van der Waals surface area contributed by atoms with Gasteiger partial charge in [0, 0.05) is 32.2 Å². The first-order valence-electron chi connectivity index (χ1n) is 8.44. The van der Waals surface area contributed by atoms with Crippen molar-refractivity contribution in [2.75, 3.05) is 26.2 Å². The summed E-state index contributed by atoms with van der Waals surface area (Å²) in [5.41, 5.74) is 0.746. The maximum absolute atomic E-state index is 14.1. The van der Waals surface area contributed by atoms with E-state index >= 15 is 0 Å². The maximum atomic E-state index is 14.1. The number of nitrogens with zero attached hydrogens (tertiary/aromatic N) is 1. The number of hydrogen-bond donors (Lipinski definition) is 1. The number of nitrogens with one attached hydrogen (secondary N) is 1. The van der Waals surface area contributed by atoms with Crippen molar-refractivity contribution in [3.05, 3.63) is 29.6 Å². The highest BCUT2D eigenvalue weighted by Gasteiger charge is 2.34. The van der Waals surface area contributed by atoms with Gasteiger partial charge in [-0.1, -0.05) is 18.9 Å². The van der Waals surface area contributed by atoms with Crippen molar-refractivity contribution in [3.8, 4) is 5.75 Å². The SMILES string of the molecule is Cl.Cl.Fc1cc([C@@H](C2CCCC2)N2CCNCC2)ccc1OC(F)(F)F. The zero-order valence-corrected chi connectivity index (χ0v) is 15.9. The number of halogens is 6. The Hall–Kier alpha value is -0.760. The first-order chi connectivity index (χ1) is 11.4. The average Bonchev–Trinajstić information content (AvgIpc) is 3.04. The minimum Gasteiger partial charge on any atom is -0.403 e. The van der Waals surface area contributed by atoms with Gasteiger partial charge in [0.15, 0.2) is 11.6 Å². The molecule has 2 aliphatic rings. The van der Waals surface area contributed by atoms with Crippen LogP contribution in [0.5, 0.6) is 5.75 Å². The van der Waals surface area contributed by atoms with Crippen LogP contribution in [0.4, 0.5) is 17.6 Å². The summed E-state index contributed by atoms with van der Waals surface area (Å²) in [7, 11) is 0. The molecule has 1 saturated heterocycles. The molecule has 1 aliphatic heterocycles. The number of ether oxygens (including phenoxy) is 1. The smallest absolute Gasteiger partial charge is 0.403 e. The molecule has 1 aromatic rings. The maximum Gasteiger partial charge on any atom is 0.573 e. The van der Waals surface area contributed by atoms with Crippen LogP contribution in [0.3, 0.4) is 0 Å². The lowest BCUT2D eigenvalue weighted by Gasteiger charge is -2.38. The van der Waals surface area contributed by atoms with Gasteiger partial charge in [-0.3, -0.25) is 4.90 Å². The van der Waals surface area contributed by atoms with Crippen LogP contribution in [0, 0.1) is 11.7 Å². The molecular weight excluding hydrogens is 395 g/mol. The molecule has 1 N–H and O–H groups in total. The van der Waals surface area contributed by atoms with Crippen molar-refractivity contribution in [1.82, 2.24) is 10.2 Å². The molecule has 0 amide bonds. The van der Waals surface area contributed by atoms with Crippen LogP contribution in [0.25, 0.3) is 0 Å². The van der Waals surface area contributed by atoms with E-state index in [0.29, 0.717) is 5.92 Å². The monoisotopic (exact) mass is 418 g/mol. The number of benzene rings is 1. The fourth-order valence-corrected chi connectivity index (χ4v) is 3.92. The van der Waals surface area contributed by atoms with Gasteiger partial charge in [-0.15, -0.1) is 38.0 Å². The van der Waals surface area contributed by atoms with Crippen molar-refractivity contribution in [3.63, 3.8) is 0 Å². The molecule has 0 unspecified atom stereocenters. The van der Waals surface area contributed by atoms with Gasteiger partial charge in [0.1, 0.15) is 0 Å². The molecule has 3 rings (SSSR count). The second kappa shape index (κ2) is 9.97. The van der Waals surface area contributed by atoms with Gasteiger partial charge in [0.2, 0.25) is 0 Å². The van der Waals surface area contributed by atoms with E-state index in [1.807, 2.05) is 0 Å². The first-order valence-corrected chi connectivity index (χ1v) is 8.44. The molecule has 150 valence electrons. The Bertz CT molecular complexity index is 562. The third-order valence-electron chi connectivity index (χ3n) is 4.91. The molecular formula is C17H24Cl2F4N2O. The number of rotatable bonds is 4. The molecule has 0 radical (unpaired) electrons. The Balaban J connectivity index is 0.00000169. The number of hydrogen-bond acceptors (Lipinski definition) is 3. The molecule has 0 spiro atoms. The summed E-state index contributed by atoms with van der Waals surface area (Å²) < 4.78 is 54.8. The topological polar surface area (TPSA) is 24.5 Å². The van der Waals surface area contributed by atoms with Gasteiger partial charge in [-0.25, -0.2) is 4.39 Å². The second-order valence-corrected chi connectivity index (χ2v) is 6.51. The molecule has 1 atom stereocenters. The lowest BCUT2D eigenvalue weighted by Crippen LogP contribution is -2.46. The summed E-state index contributed by atoms with van der Waals surface area (Å²) in [5, 5.41) is 3.30. The van der Waals surface area contributed by atoms with E-state index in [2.05, 4.69) is 15.0 Å². The van der Waals surface area contributed by atoms with Crippen LogP contribution >= 0.6 is 24.8 Å². The van der Waals surface area contributed by atoms with E-state index in [-0.39, 0.29) is 30.9 Å². The molecule has 9 heteroatoms. The number of alkyl halides is 3. The van der Waals surface area contributed by atoms with Crippen LogP contribution in [0.15, 0.2) is 18.2 Å². The second-order valence-electron chi connectivity index (χ2n) is 6.51. The summed E-state index contributed by atoms with van der Waals surface area (Å²) in [6.45, 7) is 3.48. The molecule has 1 aromatic carbocycles. The van der Waals surface area contributed by atoms with Crippen molar-refractivity contribution >= 4 is 24.8 Å². The van der Waals surface area contributed by atoms with E-state index < -0.39 is 17.9 Å². The van der Waals surface area contributed by atoms with Crippen LogP contribution < -0.4 is 10.1 Å². The van der Waals surface area contributed by atoms with E-state index in [1.54, 1.807) is 6.07 Å². The summed E-state index contributed by atoms with van der Waals surface area (Å²) in [6, 6.07) is 3.95. The largest absolute Gasteiger partial charge is 0.573 e. The highest BCUT2D eigenvalue weighted by molar-refractivity contribution is 5.85. The summed E-state index contributed by atoms with van der Waals surface area (Å²) in [6.07, 6.45) is -0.407.